The fourth-order valence-corrected chi connectivity index (χ4v) is 2.22. The van der Waals surface area contributed by atoms with Crippen molar-refractivity contribution in [2.24, 2.45) is 0 Å². The lowest BCUT2D eigenvalue weighted by Crippen LogP contribution is -2.24. The predicted molar refractivity (Wildman–Crippen MR) is 78.6 cm³/mol. The van der Waals surface area contributed by atoms with E-state index in [1.807, 2.05) is 19.2 Å². The van der Waals surface area contributed by atoms with Crippen LogP contribution in [0.3, 0.4) is 0 Å². The van der Waals surface area contributed by atoms with E-state index >= 15 is 0 Å². The maximum atomic E-state index is 8.71. The Hall–Kier alpha value is -1.73. The summed E-state index contributed by atoms with van der Waals surface area (Å²) in [7, 11) is 3.70. The lowest BCUT2D eigenvalue weighted by Gasteiger charge is -2.26. The zero-order valence-corrected chi connectivity index (χ0v) is 12.2. The van der Waals surface area contributed by atoms with Crippen LogP contribution in [-0.4, -0.2) is 27.2 Å². The van der Waals surface area contributed by atoms with Crippen LogP contribution in [-0.2, 0) is 0 Å². The first-order chi connectivity index (χ1) is 9.15. The third kappa shape index (κ3) is 3.87. The van der Waals surface area contributed by atoms with Crippen molar-refractivity contribution in [3.05, 3.63) is 23.8 Å². The highest BCUT2D eigenvalue weighted by atomic mass is 16.5. The predicted octanol–water partition coefficient (Wildman–Crippen LogP) is 2.72. The van der Waals surface area contributed by atoms with Gasteiger partial charge in [0.2, 0.25) is 0 Å². The highest BCUT2D eigenvalue weighted by Crippen LogP contribution is 2.34. The van der Waals surface area contributed by atoms with Gasteiger partial charge in [-0.05, 0) is 25.6 Å². The molecule has 104 valence electrons. The van der Waals surface area contributed by atoms with Gasteiger partial charge < -0.3 is 15.0 Å². The van der Waals surface area contributed by atoms with E-state index in [1.54, 1.807) is 7.11 Å². The molecule has 0 amide bonds. The summed E-state index contributed by atoms with van der Waals surface area (Å²) in [5.41, 5.74) is 2.26. The second-order valence-electron chi connectivity index (χ2n) is 4.50. The first kappa shape index (κ1) is 15.3. The van der Waals surface area contributed by atoms with Crippen LogP contribution in [0.5, 0.6) is 5.75 Å². The number of methoxy groups -OCH3 is 1. The average Bonchev–Trinajstić information content (AvgIpc) is 2.43. The lowest BCUT2D eigenvalue weighted by atomic mass is 10.0. The summed E-state index contributed by atoms with van der Waals surface area (Å²) in [5, 5.41) is 12.1. The van der Waals surface area contributed by atoms with Gasteiger partial charge in [-0.25, -0.2) is 0 Å². The van der Waals surface area contributed by atoms with Crippen molar-refractivity contribution in [1.29, 1.82) is 5.26 Å². The standard InChI is InChI=1S/C15H23N3O/c1-5-17-12(2)15-13(18(3)11-7-10-16)8-6-9-14(15)19-4/h6,8-9,12,17H,5,7,11H2,1-4H3. The van der Waals surface area contributed by atoms with Gasteiger partial charge in [-0.1, -0.05) is 13.0 Å². The molecule has 0 saturated heterocycles. The number of nitrogens with one attached hydrogen (secondary N) is 1. The Morgan fingerprint density at radius 1 is 1.47 bits per heavy atom. The summed E-state index contributed by atoms with van der Waals surface area (Å²) < 4.78 is 5.48. The minimum absolute atomic E-state index is 0.209. The Bertz CT molecular complexity index is 440. The van der Waals surface area contributed by atoms with Gasteiger partial charge in [0, 0.05) is 30.9 Å². The highest BCUT2D eigenvalue weighted by Gasteiger charge is 2.17. The molecule has 1 atom stereocenters. The minimum atomic E-state index is 0.209. The van der Waals surface area contributed by atoms with Crippen molar-refractivity contribution in [2.45, 2.75) is 26.3 Å². The van der Waals surface area contributed by atoms with Crippen molar-refractivity contribution in [1.82, 2.24) is 5.32 Å². The molecule has 0 radical (unpaired) electrons. The van der Waals surface area contributed by atoms with Crippen molar-refractivity contribution in [3.63, 3.8) is 0 Å². The molecule has 0 aliphatic rings. The van der Waals surface area contributed by atoms with Crippen molar-refractivity contribution >= 4 is 5.69 Å². The number of hydrogen-bond acceptors (Lipinski definition) is 4. The molecule has 0 bridgehead atoms. The van der Waals surface area contributed by atoms with E-state index in [-0.39, 0.29) is 6.04 Å². The van der Waals surface area contributed by atoms with E-state index in [9.17, 15) is 0 Å². The molecule has 0 heterocycles. The Morgan fingerprint density at radius 3 is 2.79 bits per heavy atom. The van der Waals surface area contributed by atoms with Gasteiger partial charge in [0.25, 0.3) is 0 Å². The second kappa shape index (κ2) is 7.65. The third-order valence-corrected chi connectivity index (χ3v) is 3.18. The largest absolute Gasteiger partial charge is 0.496 e. The van der Waals surface area contributed by atoms with Gasteiger partial charge in [-0.3, -0.25) is 0 Å². The number of ether oxygens (including phenoxy) is 1. The fraction of sp³-hybridized carbons (Fsp3) is 0.533. The molecular weight excluding hydrogens is 238 g/mol. The van der Waals surface area contributed by atoms with Gasteiger partial charge in [0.15, 0.2) is 0 Å². The van der Waals surface area contributed by atoms with E-state index < -0.39 is 0 Å². The maximum absolute atomic E-state index is 8.71. The first-order valence-corrected chi connectivity index (χ1v) is 6.64. The lowest BCUT2D eigenvalue weighted by molar-refractivity contribution is 0.402. The Morgan fingerprint density at radius 2 is 2.21 bits per heavy atom. The maximum Gasteiger partial charge on any atom is 0.125 e. The zero-order valence-electron chi connectivity index (χ0n) is 12.2. The smallest absolute Gasteiger partial charge is 0.125 e. The summed E-state index contributed by atoms with van der Waals surface area (Å²) >= 11 is 0. The van der Waals surface area contributed by atoms with Gasteiger partial charge in [-0.15, -0.1) is 0 Å². The average molecular weight is 261 g/mol. The van der Waals surface area contributed by atoms with Crippen molar-refractivity contribution < 1.29 is 4.74 Å². The summed E-state index contributed by atoms with van der Waals surface area (Å²) in [6.07, 6.45) is 0.517. The number of rotatable bonds is 7. The molecule has 0 saturated carbocycles. The minimum Gasteiger partial charge on any atom is -0.496 e. The molecule has 19 heavy (non-hydrogen) atoms. The van der Waals surface area contributed by atoms with Crippen LogP contribution in [0.4, 0.5) is 5.69 Å². The van der Waals surface area contributed by atoms with E-state index in [0.717, 1.165) is 30.1 Å². The molecule has 1 N–H and O–H groups in total. The zero-order chi connectivity index (χ0) is 14.3. The van der Waals surface area contributed by atoms with E-state index in [2.05, 4.69) is 36.2 Å². The number of nitrogens with zero attached hydrogens (tertiary/aromatic N) is 2. The highest BCUT2D eigenvalue weighted by molar-refractivity contribution is 5.60. The SMILES string of the molecule is CCNC(C)c1c(OC)cccc1N(C)CCC#N. The number of hydrogen-bond donors (Lipinski definition) is 1. The van der Waals surface area contributed by atoms with E-state index in [4.69, 9.17) is 10.00 Å². The topological polar surface area (TPSA) is 48.3 Å². The summed E-state index contributed by atoms with van der Waals surface area (Å²) in [5.74, 6) is 0.884. The van der Waals surface area contributed by atoms with Crippen molar-refractivity contribution in [3.8, 4) is 11.8 Å². The molecule has 0 aliphatic carbocycles. The van der Waals surface area contributed by atoms with E-state index in [0.29, 0.717) is 6.42 Å². The number of nitriles is 1. The van der Waals surface area contributed by atoms with Gasteiger partial charge >= 0.3 is 0 Å². The normalized spacial score (nSPS) is 11.7. The Labute approximate surface area is 116 Å². The van der Waals surface area contributed by atoms with Crippen LogP contribution >= 0.6 is 0 Å². The van der Waals surface area contributed by atoms with Crippen LogP contribution in [0, 0.1) is 11.3 Å². The second-order valence-corrected chi connectivity index (χ2v) is 4.50. The molecule has 0 spiro atoms. The monoisotopic (exact) mass is 261 g/mol. The van der Waals surface area contributed by atoms with E-state index in [1.165, 1.54) is 0 Å². The number of benzene rings is 1. The third-order valence-electron chi connectivity index (χ3n) is 3.18. The summed E-state index contributed by atoms with van der Waals surface area (Å²) in [6, 6.07) is 8.43. The molecule has 1 rings (SSSR count). The molecule has 0 fully saturated rings. The van der Waals surface area contributed by atoms with Crippen LogP contribution < -0.4 is 15.0 Å². The summed E-state index contributed by atoms with van der Waals surface area (Å²) in [6.45, 7) is 5.84. The van der Waals surface area contributed by atoms with Gasteiger partial charge in [0.1, 0.15) is 5.75 Å². The fourth-order valence-electron chi connectivity index (χ4n) is 2.22. The van der Waals surface area contributed by atoms with Crippen LogP contribution in [0.1, 0.15) is 31.9 Å². The van der Waals surface area contributed by atoms with Crippen LogP contribution in [0.2, 0.25) is 0 Å². The molecule has 0 aromatic heterocycles. The molecular formula is C15H23N3O. The van der Waals surface area contributed by atoms with Crippen LogP contribution in [0.25, 0.3) is 0 Å². The number of anilines is 1. The van der Waals surface area contributed by atoms with Gasteiger partial charge in [-0.2, -0.15) is 5.26 Å². The Kier molecular flexibility index (Phi) is 6.17. The molecule has 1 aromatic rings. The molecule has 4 heteroatoms. The molecule has 4 nitrogen and oxygen atoms in total. The van der Waals surface area contributed by atoms with Gasteiger partial charge in [0.05, 0.1) is 19.6 Å². The van der Waals surface area contributed by atoms with Crippen molar-refractivity contribution in [2.75, 3.05) is 32.1 Å². The quantitative estimate of drug-likeness (QED) is 0.820. The Balaban J connectivity index is 3.12. The first-order valence-electron chi connectivity index (χ1n) is 6.64. The molecule has 1 unspecified atom stereocenters. The molecule has 1 aromatic carbocycles. The summed E-state index contributed by atoms with van der Waals surface area (Å²) in [4.78, 5) is 2.11. The molecule has 0 aliphatic heterocycles. The van der Waals surface area contributed by atoms with Crippen LogP contribution in [0.15, 0.2) is 18.2 Å².